The van der Waals surface area contributed by atoms with E-state index in [9.17, 15) is 4.79 Å². The fraction of sp³-hybridized carbons (Fsp3) is 0.500. The lowest BCUT2D eigenvalue weighted by Crippen LogP contribution is -2.26. The number of likely N-dealkylation sites (N-methyl/N-ethyl adjacent to an activating group) is 1. The minimum atomic E-state index is -0.839. The molecule has 5 heteroatoms. The summed E-state index contributed by atoms with van der Waals surface area (Å²) in [6, 6.07) is -0.578. The van der Waals surface area contributed by atoms with Crippen LogP contribution in [0.3, 0.4) is 0 Å². The zero-order valence-electron chi connectivity index (χ0n) is 7.81. The van der Waals surface area contributed by atoms with Crippen LogP contribution in [0.1, 0.15) is 15.9 Å². The van der Waals surface area contributed by atoms with Crippen LogP contribution in [0.2, 0.25) is 0 Å². The van der Waals surface area contributed by atoms with Gasteiger partial charge in [-0.25, -0.2) is 4.98 Å². The Bertz CT molecular complexity index is 309. The molecule has 0 aromatic carbocycles. The standard InChI is InChI=1S/C8H12N2O2S/c1-5-9-4-6(13-5)7(8(11)12)10(2)3/h4,7H,1-3H3,(H,11,12). The van der Waals surface area contributed by atoms with Crippen molar-refractivity contribution in [3.05, 3.63) is 16.1 Å². The van der Waals surface area contributed by atoms with Crippen LogP contribution in [0.5, 0.6) is 0 Å². The summed E-state index contributed by atoms with van der Waals surface area (Å²) in [5, 5.41) is 9.84. The number of aliphatic carboxylic acids is 1. The zero-order chi connectivity index (χ0) is 10.0. The van der Waals surface area contributed by atoms with Crippen LogP contribution in [-0.4, -0.2) is 35.1 Å². The Labute approximate surface area is 80.8 Å². The summed E-state index contributed by atoms with van der Waals surface area (Å²) in [5.41, 5.74) is 0. The van der Waals surface area contributed by atoms with Gasteiger partial charge in [0.25, 0.3) is 0 Å². The summed E-state index contributed by atoms with van der Waals surface area (Å²) in [5.74, 6) is -0.839. The molecule has 1 atom stereocenters. The lowest BCUT2D eigenvalue weighted by molar-refractivity contribution is -0.142. The van der Waals surface area contributed by atoms with Crippen LogP contribution in [0.15, 0.2) is 6.20 Å². The van der Waals surface area contributed by atoms with Crippen molar-refractivity contribution in [2.24, 2.45) is 0 Å². The summed E-state index contributed by atoms with van der Waals surface area (Å²) >= 11 is 1.42. The fourth-order valence-corrected chi connectivity index (χ4v) is 2.08. The van der Waals surface area contributed by atoms with Crippen LogP contribution in [0.4, 0.5) is 0 Å². The highest BCUT2D eigenvalue weighted by Gasteiger charge is 2.23. The maximum atomic E-state index is 10.9. The van der Waals surface area contributed by atoms with Gasteiger partial charge < -0.3 is 5.11 Å². The second-order valence-corrected chi connectivity index (χ2v) is 4.25. The topological polar surface area (TPSA) is 53.4 Å². The van der Waals surface area contributed by atoms with Gasteiger partial charge in [-0.3, -0.25) is 9.69 Å². The van der Waals surface area contributed by atoms with Crippen molar-refractivity contribution in [3.63, 3.8) is 0 Å². The average Bonchev–Trinajstić information content (AvgIpc) is 2.34. The first-order valence-electron chi connectivity index (χ1n) is 3.84. The largest absolute Gasteiger partial charge is 0.480 e. The van der Waals surface area contributed by atoms with Crippen molar-refractivity contribution in [1.82, 2.24) is 9.88 Å². The predicted octanol–water partition coefficient (Wildman–Crippen LogP) is 1.14. The average molecular weight is 200 g/mol. The molecule has 0 aliphatic heterocycles. The van der Waals surface area contributed by atoms with E-state index in [-0.39, 0.29) is 0 Å². The quantitative estimate of drug-likeness (QED) is 0.795. The lowest BCUT2D eigenvalue weighted by Gasteiger charge is -2.17. The van der Waals surface area contributed by atoms with Crippen LogP contribution < -0.4 is 0 Å². The Morgan fingerprint density at radius 1 is 1.69 bits per heavy atom. The molecule has 0 amide bonds. The highest BCUT2D eigenvalue weighted by atomic mass is 32.1. The van der Waals surface area contributed by atoms with E-state index in [1.807, 2.05) is 6.92 Å². The molecule has 1 heterocycles. The van der Waals surface area contributed by atoms with E-state index in [1.54, 1.807) is 25.2 Å². The molecule has 0 aliphatic rings. The second-order valence-electron chi connectivity index (χ2n) is 2.99. The van der Waals surface area contributed by atoms with E-state index in [1.165, 1.54) is 11.3 Å². The first-order valence-corrected chi connectivity index (χ1v) is 4.65. The molecular weight excluding hydrogens is 188 g/mol. The number of hydrogen-bond donors (Lipinski definition) is 1. The molecule has 1 unspecified atom stereocenters. The van der Waals surface area contributed by atoms with Crippen molar-refractivity contribution in [3.8, 4) is 0 Å². The van der Waals surface area contributed by atoms with Crippen LogP contribution in [-0.2, 0) is 4.79 Å². The molecule has 0 spiro atoms. The molecular formula is C8H12N2O2S. The number of nitrogens with zero attached hydrogens (tertiary/aromatic N) is 2. The molecule has 1 aromatic heterocycles. The first kappa shape index (κ1) is 10.1. The molecule has 0 aliphatic carbocycles. The molecule has 0 fully saturated rings. The maximum Gasteiger partial charge on any atom is 0.326 e. The van der Waals surface area contributed by atoms with E-state index in [4.69, 9.17) is 5.11 Å². The molecule has 13 heavy (non-hydrogen) atoms. The third-order valence-corrected chi connectivity index (χ3v) is 2.62. The van der Waals surface area contributed by atoms with Gasteiger partial charge >= 0.3 is 5.97 Å². The Morgan fingerprint density at radius 3 is 2.62 bits per heavy atom. The van der Waals surface area contributed by atoms with Gasteiger partial charge in [0, 0.05) is 6.20 Å². The molecule has 0 bridgehead atoms. The van der Waals surface area contributed by atoms with Gasteiger partial charge in [-0.2, -0.15) is 0 Å². The molecule has 1 aromatic rings. The van der Waals surface area contributed by atoms with Gasteiger partial charge in [0.15, 0.2) is 0 Å². The summed E-state index contributed by atoms with van der Waals surface area (Å²) in [7, 11) is 3.49. The lowest BCUT2D eigenvalue weighted by atomic mass is 10.2. The molecule has 0 radical (unpaired) electrons. The van der Waals surface area contributed by atoms with Gasteiger partial charge in [0.2, 0.25) is 0 Å². The smallest absolute Gasteiger partial charge is 0.326 e. The third-order valence-electron chi connectivity index (χ3n) is 1.66. The summed E-state index contributed by atoms with van der Waals surface area (Å²) in [6.07, 6.45) is 1.62. The van der Waals surface area contributed by atoms with Gasteiger partial charge in [0.05, 0.1) is 9.88 Å². The van der Waals surface area contributed by atoms with Gasteiger partial charge in [0.1, 0.15) is 6.04 Å². The van der Waals surface area contributed by atoms with Crippen molar-refractivity contribution in [2.45, 2.75) is 13.0 Å². The number of aromatic nitrogens is 1. The van der Waals surface area contributed by atoms with Crippen LogP contribution in [0, 0.1) is 6.92 Å². The van der Waals surface area contributed by atoms with Gasteiger partial charge in [-0.05, 0) is 21.0 Å². The number of carboxylic acids is 1. The normalized spacial score (nSPS) is 13.2. The van der Waals surface area contributed by atoms with Crippen molar-refractivity contribution >= 4 is 17.3 Å². The number of carboxylic acid groups (broad SMARTS) is 1. The number of hydrogen-bond acceptors (Lipinski definition) is 4. The maximum absolute atomic E-state index is 10.9. The van der Waals surface area contributed by atoms with E-state index in [0.29, 0.717) is 0 Å². The molecule has 1 N–H and O–H groups in total. The first-order chi connectivity index (χ1) is 6.02. The van der Waals surface area contributed by atoms with Gasteiger partial charge in [-0.15, -0.1) is 11.3 Å². The number of aryl methyl sites for hydroxylation is 1. The third kappa shape index (κ3) is 2.26. The van der Waals surface area contributed by atoms with E-state index in [0.717, 1.165) is 9.88 Å². The summed E-state index contributed by atoms with van der Waals surface area (Å²) in [4.78, 5) is 17.4. The van der Waals surface area contributed by atoms with Crippen molar-refractivity contribution < 1.29 is 9.90 Å². The highest BCUT2D eigenvalue weighted by molar-refractivity contribution is 7.11. The van der Waals surface area contributed by atoms with Gasteiger partial charge in [-0.1, -0.05) is 0 Å². The van der Waals surface area contributed by atoms with E-state index >= 15 is 0 Å². The highest BCUT2D eigenvalue weighted by Crippen LogP contribution is 2.24. The summed E-state index contributed by atoms with van der Waals surface area (Å²) < 4.78 is 0. The zero-order valence-corrected chi connectivity index (χ0v) is 8.63. The monoisotopic (exact) mass is 200 g/mol. The van der Waals surface area contributed by atoms with E-state index < -0.39 is 12.0 Å². The van der Waals surface area contributed by atoms with Crippen LogP contribution >= 0.6 is 11.3 Å². The molecule has 1 rings (SSSR count). The molecule has 0 saturated carbocycles. The van der Waals surface area contributed by atoms with E-state index in [2.05, 4.69) is 4.98 Å². The Hall–Kier alpha value is -0.940. The minimum absolute atomic E-state index is 0.578. The van der Waals surface area contributed by atoms with Crippen LogP contribution in [0.25, 0.3) is 0 Å². The Morgan fingerprint density at radius 2 is 2.31 bits per heavy atom. The molecule has 0 saturated heterocycles. The van der Waals surface area contributed by atoms with Crippen molar-refractivity contribution in [2.75, 3.05) is 14.1 Å². The Kier molecular flexibility index (Phi) is 3.00. The van der Waals surface area contributed by atoms with Crippen molar-refractivity contribution in [1.29, 1.82) is 0 Å². The molecule has 72 valence electrons. The summed E-state index contributed by atoms with van der Waals surface area (Å²) in [6.45, 7) is 1.86. The fourth-order valence-electron chi connectivity index (χ4n) is 1.10. The number of thiazole rings is 1. The SMILES string of the molecule is Cc1ncc(C(C(=O)O)N(C)C)s1. The number of rotatable bonds is 3. The molecule has 4 nitrogen and oxygen atoms in total. The number of carbonyl (C=O) groups is 1. The predicted molar refractivity (Wildman–Crippen MR) is 50.9 cm³/mol. The minimum Gasteiger partial charge on any atom is -0.480 e. The Balaban J connectivity index is 2.95. The second kappa shape index (κ2) is 3.85.